The number of benzene rings is 2. The number of carbonyl (C=O) groups is 2. The minimum absolute atomic E-state index is 0.0783. The van der Waals surface area contributed by atoms with E-state index in [1.165, 1.54) is 11.1 Å². The zero-order valence-corrected chi connectivity index (χ0v) is 18.0. The van der Waals surface area contributed by atoms with Gasteiger partial charge < -0.3 is 9.73 Å². The SMILES string of the molecule is O=C(NN1C(=O)c2cc(Br)ccc2N[C@@H]1c1ccc(Cl)cc1)c1ccc(Br)o1. The Morgan fingerprint density at radius 1 is 1.11 bits per heavy atom. The monoisotopic (exact) mass is 523 g/mol. The van der Waals surface area contributed by atoms with E-state index in [1.54, 1.807) is 36.4 Å². The molecule has 1 atom stereocenters. The van der Waals surface area contributed by atoms with Gasteiger partial charge in [-0.05, 0) is 64.0 Å². The van der Waals surface area contributed by atoms with E-state index in [-0.39, 0.29) is 11.7 Å². The molecule has 9 heteroatoms. The Morgan fingerprint density at radius 2 is 1.86 bits per heavy atom. The zero-order chi connectivity index (χ0) is 19.8. The van der Waals surface area contributed by atoms with Crippen molar-refractivity contribution in [1.82, 2.24) is 10.4 Å². The van der Waals surface area contributed by atoms with Crippen LogP contribution in [0.15, 0.2) is 68.2 Å². The van der Waals surface area contributed by atoms with Crippen molar-refractivity contribution in [3.63, 3.8) is 0 Å². The number of anilines is 1. The second kappa shape index (κ2) is 7.62. The first-order chi connectivity index (χ1) is 13.4. The van der Waals surface area contributed by atoms with E-state index >= 15 is 0 Å². The van der Waals surface area contributed by atoms with Gasteiger partial charge in [-0.25, -0.2) is 5.01 Å². The number of amides is 2. The summed E-state index contributed by atoms with van der Waals surface area (Å²) in [5, 5.41) is 5.11. The van der Waals surface area contributed by atoms with Gasteiger partial charge in [0.25, 0.3) is 5.91 Å². The second-order valence-electron chi connectivity index (χ2n) is 6.01. The number of nitrogens with one attached hydrogen (secondary N) is 2. The van der Waals surface area contributed by atoms with Crippen LogP contribution in [0.25, 0.3) is 0 Å². The first-order valence-corrected chi connectivity index (χ1v) is 10.1. The number of rotatable bonds is 3. The highest BCUT2D eigenvalue weighted by molar-refractivity contribution is 9.10. The maximum Gasteiger partial charge on any atom is 0.305 e. The third-order valence-corrected chi connectivity index (χ3v) is 5.36. The first-order valence-electron chi connectivity index (χ1n) is 8.14. The number of hydrogen-bond donors (Lipinski definition) is 2. The molecule has 0 saturated carbocycles. The number of furan rings is 1. The fourth-order valence-corrected chi connectivity index (χ4v) is 3.67. The molecule has 2 heterocycles. The topological polar surface area (TPSA) is 74.6 Å². The van der Waals surface area contributed by atoms with Crippen LogP contribution in [0.5, 0.6) is 0 Å². The normalized spacial score (nSPS) is 15.8. The highest BCUT2D eigenvalue weighted by Gasteiger charge is 2.35. The number of nitrogens with zero attached hydrogens (tertiary/aromatic N) is 1. The van der Waals surface area contributed by atoms with Gasteiger partial charge in [-0.3, -0.25) is 15.0 Å². The van der Waals surface area contributed by atoms with Crippen LogP contribution in [0.2, 0.25) is 5.02 Å². The predicted molar refractivity (Wildman–Crippen MR) is 112 cm³/mol. The van der Waals surface area contributed by atoms with Crippen LogP contribution in [0, 0.1) is 0 Å². The van der Waals surface area contributed by atoms with E-state index in [0.717, 1.165) is 10.0 Å². The average Bonchev–Trinajstić information content (AvgIpc) is 3.11. The maximum absolute atomic E-state index is 13.2. The summed E-state index contributed by atoms with van der Waals surface area (Å²) in [4.78, 5) is 25.8. The van der Waals surface area contributed by atoms with Crippen molar-refractivity contribution < 1.29 is 14.0 Å². The van der Waals surface area contributed by atoms with Crippen molar-refractivity contribution in [2.45, 2.75) is 6.17 Å². The number of halogens is 3. The summed E-state index contributed by atoms with van der Waals surface area (Å²) in [5.41, 5.74) is 4.50. The average molecular weight is 526 g/mol. The molecule has 2 aromatic carbocycles. The van der Waals surface area contributed by atoms with E-state index in [0.29, 0.717) is 20.9 Å². The van der Waals surface area contributed by atoms with Gasteiger partial charge in [0.15, 0.2) is 10.4 Å². The molecule has 1 aliphatic rings. The molecule has 0 bridgehead atoms. The summed E-state index contributed by atoms with van der Waals surface area (Å²) in [6.07, 6.45) is -0.624. The molecule has 6 nitrogen and oxygen atoms in total. The van der Waals surface area contributed by atoms with Gasteiger partial charge in [0, 0.05) is 15.2 Å². The Labute approximate surface area is 182 Å². The summed E-state index contributed by atoms with van der Waals surface area (Å²) >= 11 is 12.5. The lowest BCUT2D eigenvalue weighted by atomic mass is 10.0. The van der Waals surface area contributed by atoms with Gasteiger partial charge in [-0.1, -0.05) is 39.7 Å². The Bertz CT molecular complexity index is 1070. The fourth-order valence-electron chi connectivity index (χ4n) is 2.87. The van der Waals surface area contributed by atoms with Crippen LogP contribution in [0.4, 0.5) is 5.69 Å². The van der Waals surface area contributed by atoms with Crippen LogP contribution in [0.1, 0.15) is 32.6 Å². The first kappa shape index (κ1) is 19.0. The molecule has 142 valence electrons. The van der Waals surface area contributed by atoms with Gasteiger partial charge >= 0.3 is 5.91 Å². The van der Waals surface area contributed by atoms with Crippen molar-refractivity contribution in [3.8, 4) is 0 Å². The van der Waals surface area contributed by atoms with Crippen LogP contribution < -0.4 is 10.7 Å². The summed E-state index contributed by atoms with van der Waals surface area (Å²) in [5.74, 6) is -0.818. The summed E-state index contributed by atoms with van der Waals surface area (Å²) in [7, 11) is 0. The molecule has 2 N–H and O–H groups in total. The fraction of sp³-hybridized carbons (Fsp3) is 0.0526. The third-order valence-electron chi connectivity index (χ3n) is 4.19. The smallest absolute Gasteiger partial charge is 0.305 e. The largest absolute Gasteiger partial charge is 0.444 e. The van der Waals surface area contributed by atoms with Crippen molar-refractivity contribution in [2.24, 2.45) is 0 Å². The Kier molecular flexibility index (Phi) is 5.18. The number of carbonyl (C=O) groups excluding carboxylic acids is 2. The minimum atomic E-state index is -0.624. The lowest BCUT2D eigenvalue weighted by Crippen LogP contribution is -2.52. The molecule has 0 spiro atoms. The molecule has 2 amide bonds. The van der Waals surface area contributed by atoms with Crippen molar-refractivity contribution >= 4 is 61.0 Å². The van der Waals surface area contributed by atoms with Gasteiger partial charge in [0.1, 0.15) is 6.17 Å². The molecule has 1 aliphatic heterocycles. The van der Waals surface area contributed by atoms with E-state index in [2.05, 4.69) is 42.6 Å². The molecule has 28 heavy (non-hydrogen) atoms. The number of hydrazine groups is 1. The molecule has 0 unspecified atom stereocenters. The molecular formula is C19H12Br2ClN3O3. The van der Waals surface area contributed by atoms with Gasteiger partial charge in [-0.15, -0.1) is 0 Å². The van der Waals surface area contributed by atoms with Gasteiger partial charge in [0.2, 0.25) is 0 Å². The van der Waals surface area contributed by atoms with E-state index < -0.39 is 12.1 Å². The van der Waals surface area contributed by atoms with E-state index in [1.807, 2.05) is 12.1 Å². The van der Waals surface area contributed by atoms with Crippen LogP contribution in [-0.2, 0) is 0 Å². The van der Waals surface area contributed by atoms with Crippen molar-refractivity contribution in [2.75, 3.05) is 5.32 Å². The maximum atomic E-state index is 13.2. The lowest BCUT2D eigenvalue weighted by Gasteiger charge is -2.37. The highest BCUT2D eigenvalue weighted by Crippen LogP contribution is 2.34. The molecular weight excluding hydrogens is 513 g/mol. The zero-order valence-electron chi connectivity index (χ0n) is 14.1. The molecule has 0 aliphatic carbocycles. The Morgan fingerprint density at radius 3 is 2.54 bits per heavy atom. The minimum Gasteiger partial charge on any atom is -0.444 e. The Hall–Kier alpha value is -2.29. The molecule has 0 radical (unpaired) electrons. The highest BCUT2D eigenvalue weighted by atomic mass is 79.9. The summed E-state index contributed by atoms with van der Waals surface area (Å²) in [6, 6.07) is 15.5. The molecule has 0 saturated heterocycles. The summed E-state index contributed by atoms with van der Waals surface area (Å²) < 4.78 is 6.47. The van der Waals surface area contributed by atoms with E-state index in [4.69, 9.17) is 16.0 Å². The standard InChI is InChI=1S/C19H12Br2ClN3O3/c20-11-3-6-14-13(9-11)19(27)25(24-18(26)15-7-8-16(21)28-15)17(23-14)10-1-4-12(22)5-2-10/h1-9,17,23H,(H,24,26)/t17-/m0/s1. The van der Waals surface area contributed by atoms with E-state index in [9.17, 15) is 9.59 Å². The quantitative estimate of drug-likeness (QED) is 0.482. The molecule has 3 aromatic rings. The van der Waals surface area contributed by atoms with Crippen LogP contribution >= 0.6 is 43.5 Å². The van der Waals surface area contributed by atoms with Crippen molar-refractivity contribution in [3.05, 3.63) is 85.6 Å². The van der Waals surface area contributed by atoms with Crippen molar-refractivity contribution in [1.29, 1.82) is 0 Å². The van der Waals surface area contributed by atoms with Gasteiger partial charge in [0.05, 0.1) is 5.56 Å². The van der Waals surface area contributed by atoms with Crippen LogP contribution in [0.3, 0.4) is 0 Å². The Balaban J connectivity index is 1.73. The predicted octanol–water partition coefficient (Wildman–Crippen LogP) is 5.37. The molecule has 4 rings (SSSR count). The second-order valence-corrected chi connectivity index (χ2v) is 8.14. The molecule has 1 aromatic heterocycles. The lowest BCUT2D eigenvalue weighted by molar-refractivity contribution is 0.0479. The third kappa shape index (κ3) is 3.67. The summed E-state index contributed by atoms with van der Waals surface area (Å²) in [6.45, 7) is 0. The number of fused-ring (bicyclic) bond motifs is 1. The van der Waals surface area contributed by atoms with Crippen LogP contribution in [-0.4, -0.2) is 16.8 Å². The molecule has 0 fully saturated rings. The number of hydrogen-bond acceptors (Lipinski definition) is 4. The van der Waals surface area contributed by atoms with Gasteiger partial charge in [-0.2, -0.15) is 0 Å².